The van der Waals surface area contributed by atoms with Crippen LogP contribution in [-0.4, -0.2) is 0 Å². The van der Waals surface area contributed by atoms with Gasteiger partial charge in [-0.05, 0) is 137 Å². The molecule has 13 rings (SSSR count). The quantitative estimate of drug-likeness (QED) is 0.135. The molecular formula is C70H48N2. The lowest BCUT2D eigenvalue weighted by atomic mass is 9.93. The second-order valence-corrected chi connectivity index (χ2v) is 18.5. The van der Waals surface area contributed by atoms with Gasteiger partial charge in [-0.2, -0.15) is 0 Å². The Balaban J connectivity index is 0.890. The molecule has 338 valence electrons. The lowest BCUT2D eigenvalue weighted by Crippen LogP contribution is -2.11. The molecule has 0 aliphatic rings. The molecular weight excluding hydrogens is 869 g/mol. The van der Waals surface area contributed by atoms with Gasteiger partial charge in [-0.1, -0.05) is 231 Å². The van der Waals surface area contributed by atoms with Crippen LogP contribution in [0.3, 0.4) is 0 Å². The third kappa shape index (κ3) is 7.82. The number of nitrogens with zero attached hydrogens (tertiary/aromatic N) is 2. The maximum Gasteiger partial charge on any atom is 0.0540 e. The van der Waals surface area contributed by atoms with Crippen LogP contribution in [0.2, 0.25) is 0 Å². The van der Waals surface area contributed by atoms with Gasteiger partial charge in [0, 0.05) is 33.5 Å². The van der Waals surface area contributed by atoms with Crippen LogP contribution in [0.15, 0.2) is 291 Å². The molecule has 0 atom stereocenters. The molecule has 0 bridgehead atoms. The lowest BCUT2D eigenvalue weighted by Gasteiger charge is -2.28. The van der Waals surface area contributed by atoms with Crippen molar-refractivity contribution in [3.63, 3.8) is 0 Å². The molecule has 0 radical (unpaired) electrons. The van der Waals surface area contributed by atoms with Crippen LogP contribution >= 0.6 is 0 Å². The predicted octanol–water partition coefficient (Wildman–Crippen LogP) is 19.9. The van der Waals surface area contributed by atoms with E-state index in [1.807, 2.05) is 0 Å². The first kappa shape index (κ1) is 42.6. The summed E-state index contributed by atoms with van der Waals surface area (Å²) in [5, 5.41) is 9.68. The van der Waals surface area contributed by atoms with Gasteiger partial charge in [0.2, 0.25) is 0 Å². The standard InChI is InChI=1S/C70H48N2/c1-3-19-51(20-4-1)63-43-45-69(67-29-15-13-27-65(63)67)71(59-41-31-49-17-7-9-23-55(49)47-59)57-37-33-53(34-38-57)61-25-11-12-26-62(61)54-35-39-58(40-36-54)72(60-42-32-50-18-8-10-24-56(50)48-60)70-46-44-64(52-21-5-2-6-22-52)66-28-14-16-30-68(66)70/h1-48H. The Labute approximate surface area is 420 Å². The molecule has 0 amide bonds. The van der Waals surface area contributed by atoms with Crippen molar-refractivity contribution in [2.45, 2.75) is 0 Å². The molecule has 0 aromatic heterocycles. The molecule has 0 aliphatic heterocycles. The fourth-order valence-corrected chi connectivity index (χ4v) is 10.7. The summed E-state index contributed by atoms with van der Waals surface area (Å²) in [6.07, 6.45) is 0. The minimum absolute atomic E-state index is 1.09. The first-order valence-electron chi connectivity index (χ1n) is 24.7. The van der Waals surface area contributed by atoms with Crippen molar-refractivity contribution >= 4 is 77.2 Å². The molecule has 0 unspecified atom stereocenters. The van der Waals surface area contributed by atoms with Gasteiger partial charge in [-0.25, -0.2) is 0 Å². The fourth-order valence-electron chi connectivity index (χ4n) is 10.7. The molecule has 2 nitrogen and oxygen atoms in total. The highest BCUT2D eigenvalue weighted by Crippen LogP contribution is 2.46. The summed E-state index contributed by atoms with van der Waals surface area (Å²) in [7, 11) is 0. The zero-order valence-corrected chi connectivity index (χ0v) is 39.6. The zero-order valence-electron chi connectivity index (χ0n) is 39.6. The third-order valence-corrected chi connectivity index (χ3v) is 14.2. The summed E-state index contributed by atoms with van der Waals surface area (Å²) in [5.41, 5.74) is 16.2. The normalized spacial score (nSPS) is 11.3. The number of hydrogen-bond acceptors (Lipinski definition) is 2. The topological polar surface area (TPSA) is 6.48 Å². The summed E-state index contributed by atoms with van der Waals surface area (Å²) < 4.78 is 0. The minimum atomic E-state index is 1.09. The fraction of sp³-hybridized carbons (Fsp3) is 0. The van der Waals surface area contributed by atoms with Crippen molar-refractivity contribution in [2.24, 2.45) is 0 Å². The first-order chi connectivity index (χ1) is 35.7. The summed E-state index contributed by atoms with van der Waals surface area (Å²) in [5.74, 6) is 0. The number of hydrogen-bond donors (Lipinski definition) is 0. The molecule has 0 spiro atoms. The summed E-state index contributed by atoms with van der Waals surface area (Å²) >= 11 is 0. The van der Waals surface area contributed by atoms with Crippen LogP contribution in [0.25, 0.3) is 87.6 Å². The molecule has 0 fully saturated rings. The van der Waals surface area contributed by atoms with Gasteiger partial charge < -0.3 is 9.80 Å². The van der Waals surface area contributed by atoms with Gasteiger partial charge in [0.05, 0.1) is 11.4 Å². The Morgan fingerprint density at radius 3 is 0.917 bits per heavy atom. The Morgan fingerprint density at radius 2 is 0.500 bits per heavy atom. The summed E-state index contributed by atoms with van der Waals surface area (Å²) in [6.45, 7) is 0. The van der Waals surface area contributed by atoms with E-state index >= 15 is 0 Å². The highest BCUT2D eigenvalue weighted by atomic mass is 15.1. The Kier molecular flexibility index (Phi) is 10.9. The molecule has 2 heteroatoms. The molecule has 13 aromatic carbocycles. The highest BCUT2D eigenvalue weighted by molar-refractivity contribution is 6.08. The van der Waals surface area contributed by atoms with Crippen LogP contribution in [0.5, 0.6) is 0 Å². The van der Waals surface area contributed by atoms with Crippen LogP contribution in [0, 0.1) is 0 Å². The average Bonchev–Trinajstić information content (AvgIpc) is 3.46. The van der Waals surface area contributed by atoms with Crippen molar-refractivity contribution in [1.29, 1.82) is 0 Å². The first-order valence-corrected chi connectivity index (χ1v) is 24.7. The van der Waals surface area contributed by atoms with Crippen molar-refractivity contribution in [2.75, 3.05) is 9.80 Å². The Hall–Kier alpha value is -9.50. The third-order valence-electron chi connectivity index (χ3n) is 14.2. The van der Waals surface area contributed by atoms with Gasteiger partial charge >= 0.3 is 0 Å². The van der Waals surface area contributed by atoms with Gasteiger partial charge in [-0.3, -0.25) is 0 Å². The van der Waals surface area contributed by atoms with E-state index in [9.17, 15) is 0 Å². The Bertz CT molecular complexity index is 3820. The summed E-state index contributed by atoms with van der Waals surface area (Å²) in [6, 6.07) is 106. The molecule has 0 aliphatic carbocycles. The number of anilines is 6. The molecule has 0 N–H and O–H groups in total. The highest BCUT2D eigenvalue weighted by Gasteiger charge is 2.21. The number of fused-ring (bicyclic) bond motifs is 4. The maximum atomic E-state index is 2.41. The van der Waals surface area contributed by atoms with E-state index in [0.717, 1.165) is 45.3 Å². The van der Waals surface area contributed by atoms with Gasteiger partial charge in [-0.15, -0.1) is 0 Å². The monoisotopic (exact) mass is 916 g/mol. The maximum absolute atomic E-state index is 2.41. The summed E-state index contributed by atoms with van der Waals surface area (Å²) in [4.78, 5) is 4.83. The minimum Gasteiger partial charge on any atom is -0.310 e. The van der Waals surface area contributed by atoms with E-state index < -0.39 is 0 Å². The molecule has 72 heavy (non-hydrogen) atoms. The van der Waals surface area contributed by atoms with E-state index in [1.165, 1.54) is 76.5 Å². The number of benzene rings is 13. The van der Waals surface area contributed by atoms with E-state index in [2.05, 4.69) is 301 Å². The van der Waals surface area contributed by atoms with Crippen LogP contribution in [0.1, 0.15) is 0 Å². The van der Waals surface area contributed by atoms with Crippen molar-refractivity contribution in [1.82, 2.24) is 0 Å². The SMILES string of the molecule is c1ccc(-c2ccc(N(c3ccc(-c4ccccc4-c4ccc(N(c5ccc6ccccc6c5)c5ccc(-c6ccccc6)c6ccccc56)cc4)cc3)c3ccc4ccccc4c3)c3ccccc23)cc1. The van der Waals surface area contributed by atoms with E-state index in [0.29, 0.717) is 0 Å². The van der Waals surface area contributed by atoms with Gasteiger partial charge in [0.25, 0.3) is 0 Å². The zero-order chi connectivity index (χ0) is 47.8. The van der Waals surface area contributed by atoms with Crippen LogP contribution < -0.4 is 9.80 Å². The Morgan fingerprint density at radius 1 is 0.181 bits per heavy atom. The van der Waals surface area contributed by atoms with E-state index in [1.54, 1.807) is 0 Å². The van der Waals surface area contributed by atoms with Crippen molar-refractivity contribution < 1.29 is 0 Å². The second-order valence-electron chi connectivity index (χ2n) is 18.5. The van der Waals surface area contributed by atoms with E-state index in [4.69, 9.17) is 0 Å². The van der Waals surface area contributed by atoms with Crippen molar-refractivity contribution in [3.05, 3.63) is 291 Å². The largest absolute Gasteiger partial charge is 0.310 e. The van der Waals surface area contributed by atoms with Gasteiger partial charge in [0.1, 0.15) is 0 Å². The van der Waals surface area contributed by atoms with Gasteiger partial charge in [0.15, 0.2) is 0 Å². The van der Waals surface area contributed by atoms with Crippen LogP contribution in [-0.2, 0) is 0 Å². The predicted molar refractivity (Wildman–Crippen MR) is 308 cm³/mol. The molecule has 0 saturated carbocycles. The van der Waals surface area contributed by atoms with Crippen molar-refractivity contribution in [3.8, 4) is 44.5 Å². The lowest BCUT2D eigenvalue weighted by molar-refractivity contribution is 1.30. The smallest absolute Gasteiger partial charge is 0.0540 e. The number of rotatable bonds is 10. The van der Waals surface area contributed by atoms with E-state index in [-0.39, 0.29) is 0 Å². The molecule has 0 heterocycles. The molecule has 0 saturated heterocycles. The second kappa shape index (κ2) is 18.4. The van der Waals surface area contributed by atoms with Crippen LogP contribution in [0.4, 0.5) is 34.1 Å². The average molecular weight is 917 g/mol. The molecule has 13 aromatic rings.